The number of aromatic nitrogens is 2. The van der Waals surface area contributed by atoms with E-state index in [1.54, 1.807) is 37.3 Å². The molecule has 0 radical (unpaired) electrons. The summed E-state index contributed by atoms with van der Waals surface area (Å²) < 4.78 is 42.3. The first-order valence-electron chi connectivity index (χ1n) is 9.69. The van der Waals surface area contributed by atoms with Gasteiger partial charge in [-0.05, 0) is 31.0 Å². The Balaban J connectivity index is 1.70. The average Bonchev–Trinajstić information content (AvgIpc) is 3.14. The predicted molar refractivity (Wildman–Crippen MR) is 114 cm³/mol. The highest BCUT2D eigenvalue weighted by Crippen LogP contribution is 2.44. The average molecular weight is 449 g/mol. The second-order valence-electron chi connectivity index (χ2n) is 7.64. The highest BCUT2D eigenvalue weighted by molar-refractivity contribution is 6.34. The normalized spacial score (nSPS) is 18.3. The minimum absolute atomic E-state index is 0.0173. The lowest BCUT2D eigenvalue weighted by molar-refractivity contribution is -0.173. The molecule has 31 heavy (non-hydrogen) atoms. The zero-order valence-electron chi connectivity index (χ0n) is 16.8. The van der Waals surface area contributed by atoms with Crippen molar-refractivity contribution in [3.05, 3.63) is 75.9 Å². The number of benzene rings is 2. The van der Waals surface area contributed by atoms with Gasteiger partial charge in [0.15, 0.2) is 6.04 Å². The number of nitrogens with zero attached hydrogens (tertiary/aromatic N) is 2. The van der Waals surface area contributed by atoms with Crippen molar-refractivity contribution in [1.82, 2.24) is 9.78 Å². The van der Waals surface area contributed by atoms with E-state index in [4.69, 9.17) is 11.6 Å². The standard InChI is InChI=1S/C22H20ClF3N4O/c1-12-6-8-14(9-7-12)17-10-18(22(24,25)26)30-20(28-17)15(11-27-30)21(31)29-16-5-3-4-13(2)19(16)23/h3-9,11,17-18,28H,10H2,1-2H3,(H,29,31)/t17-,18-/m0/s1. The van der Waals surface area contributed by atoms with E-state index in [-0.39, 0.29) is 17.8 Å². The number of rotatable bonds is 3. The summed E-state index contributed by atoms with van der Waals surface area (Å²) in [6.45, 7) is 3.70. The van der Waals surface area contributed by atoms with Gasteiger partial charge in [0.25, 0.3) is 5.91 Å². The van der Waals surface area contributed by atoms with E-state index in [1.807, 2.05) is 19.1 Å². The summed E-state index contributed by atoms with van der Waals surface area (Å²) in [7, 11) is 0. The molecular weight excluding hydrogens is 429 g/mol. The van der Waals surface area contributed by atoms with Gasteiger partial charge in [-0.3, -0.25) is 4.79 Å². The van der Waals surface area contributed by atoms with Crippen LogP contribution in [-0.4, -0.2) is 21.9 Å². The van der Waals surface area contributed by atoms with Crippen molar-refractivity contribution in [2.45, 2.75) is 38.5 Å². The number of carbonyl (C=O) groups excluding carboxylic acids is 1. The molecule has 2 heterocycles. The van der Waals surface area contributed by atoms with Crippen LogP contribution in [0.2, 0.25) is 5.02 Å². The molecule has 4 rings (SSSR count). The number of carbonyl (C=O) groups is 1. The summed E-state index contributed by atoms with van der Waals surface area (Å²) in [5.74, 6) is -0.563. The highest BCUT2D eigenvalue weighted by atomic mass is 35.5. The Kier molecular flexibility index (Phi) is 5.43. The van der Waals surface area contributed by atoms with Gasteiger partial charge in [0.1, 0.15) is 11.4 Å². The van der Waals surface area contributed by atoms with Crippen molar-refractivity contribution in [3.63, 3.8) is 0 Å². The van der Waals surface area contributed by atoms with Crippen LogP contribution in [0.25, 0.3) is 0 Å². The maximum Gasteiger partial charge on any atom is 0.410 e. The predicted octanol–water partition coefficient (Wildman–Crippen LogP) is 6.07. The molecule has 3 aromatic rings. The Morgan fingerprint density at radius 3 is 2.58 bits per heavy atom. The van der Waals surface area contributed by atoms with E-state index in [2.05, 4.69) is 15.7 Å². The molecule has 0 unspecified atom stereocenters. The number of hydrogen-bond donors (Lipinski definition) is 2. The van der Waals surface area contributed by atoms with Crippen molar-refractivity contribution < 1.29 is 18.0 Å². The molecule has 162 valence electrons. The molecule has 0 fully saturated rings. The van der Waals surface area contributed by atoms with Gasteiger partial charge in [-0.1, -0.05) is 53.6 Å². The number of nitrogens with one attached hydrogen (secondary N) is 2. The van der Waals surface area contributed by atoms with Gasteiger partial charge in [0, 0.05) is 6.42 Å². The number of amides is 1. The van der Waals surface area contributed by atoms with Crippen LogP contribution in [0.15, 0.2) is 48.7 Å². The van der Waals surface area contributed by atoms with Crippen molar-refractivity contribution in [2.24, 2.45) is 0 Å². The zero-order valence-corrected chi connectivity index (χ0v) is 17.6. The van der Waals surface area contributed by atoms with Gasteiger partial charge >= 0.3 is 6.18 Å². The summed E-state index contributed by atoms with van der Waals surface area (Å²) >= 11 is 6.24. The molecule has 0 saturated carbocycles. The Labute approximate surface area is 182 Å². The van der Waals surface area contributed by atoms with E-state index in [0.717, 1.165) is 22.0 Å². The molecule has 0 saturated heterocycles. The fraction of sp³-hybridized carbons (Fsp3) is 0.273. The first kappa shape index (κ1) is 21.2. The molecule has 5 nitrogen and oxygen atoms in total. The second kappa shape index (κ2) is 7.92. The Bertz CT molecular complexity index is 1120. The molecule has 0 spiro atoms. The summed E-state index contributed by atoms with van der Waals surface area (Å²) in [4.78, 5) is 12.9. The number of aryl methyl sites for hydroxylation is 2. The first-order chi connectivity index (χ1) is 14.6. The molecule has 1 aromatic heterocycles. The minimum atomic E-state index is -4.51. The summed E-state index contributed by atoms with van der Waals surface area (Å²) in [6.07, 6.45) is -3.59. The van der Waals surface area contributed by atoms with Gasteiger partial charge in [-0.25, -0.2) is 4.68 Å². The maximum atomic E-state index is 13.8. The van der Waals surface area contributed by atoms with Gasteiger partial charge in [0.05, 0.1) is 22.9 Å². The van der Waals surface area contributed by atoms with Crippen molar-refractivity contribution >= 4 is 29.0 Å². The van der Waals surface area contributed by atoms with Crippen LogP contribution in [0.3, 0.4) is 0 Å². The third-order valence-corrected chi connectivity index (χ3v) is 5.90. The Hall–Kier alpha value is -3.00. The van der Waals surface area contributed by atoms with E-state index in [0.29, 0.717) is 16.3 Å². The SMILES string of the molecule is Cc1ccc([C@@H]2C[C@@H](C(F)(F)F)n3ncc(C(=O)Nc4cccc(C)c4Cl)c3N2)cc1. The molecule has 0 bridgehead atoms. The number of fused-ring (bicyclic) bond motifs is 1. The molecule has 2 atom stereocenters. The lowest BCUT2D eigenvalue weighted by Gasteiger charge is -2.34. The highest BCUT2D eigenvalue weighted by Gasteiger charge is 2.47. The molecule has 2 aromatic carbocycles. The number of halogens is 4. The first-order valence-corrected chi connectivity index (χ1v) is 10.1. The lowest BCUT2D eigenvalue weighted by Crippen LogP contribution is -2.36. The second-order valence-corrected chi connectivity index (χ2v) is 8.02. The summed E-state index contributed by atoms with van der Waals surface area (Å²) in [5, 5.41) is 10.0. The van der Waals surface area contributed by atoms with Gasteiger partial charge in [-0.15, -0.1) is 0 Å². The van der Waals surface area contributed by atoms with Gasteiger partial charge < -0.3 is 10.6 Å². The molecule has 1 aliphatic heterocycles. The molecular formula is C22H20ClF3N4O. The van der Waals surface area contributed by atoms with Crippen LogP contribution in [0.4, 0.5) is 24.7 Å². The summed E-state index contributed by atoms with van der Waals surface area (Å²) in [6, 6.07) is 9.96. The number of anilines is 2. The summed E-state index contributed by atoms with van der Waals surface area (Å²) in [5.41, 5.74) is 2.88. The smallest absolute Gasteiger partial charge is 0.363 e. The third kappa shape index (κ3) is 4.12. The van der Waals surface area contributed by atoms with Crippen LogP contribution in [0.5, 0.6) is 0 Å². The van der Waals surface area contributed by atoms with Gasteiger partial charge in [-0.2, -0.15) is 18.3 Å². The minimum Gasteiger partial charge on any atom is -0.363 e. The van der Waals surface area contributed by atoms with Crippen LogP contribution in [0, 0.1) is 13.8 Å². The van der Waals surface area contributed by atoms with E-state index >= 15 is 0 Å². The molecule has 1 aliphatic rings. The van der Waals surface area contributed by atoms with E-state index in [9.17, 15) is 18.0 Å². The largest absolute Gasteiger partial charge is 0.410 e. The maximum absolute atomic E-state index is 13.8. The fourth-order valence-corrected chi connectivity index (χ4v) is 3.85. The fourth-order valence-electron chi connectivity index (χ4n) is 3.68. The molecule has 1 amide bonds. The molecule has 0 aliphatic carbocycles. The third-order valence-electron chi connectivity index (χ3n) is 5.40. The van der Waals surface area contributed by atoms with Crippen LogP contribution in [-0.2, 0) is 0 Å². The molecule has 9 heteroatoms. The van der Waals surface area contributed by atoms with Crippen molar-refractivity contribution in [3.8, 4) is 0 Å². The van der Waals surface area contributed by atoms with E-state index < -0.39 is 24.2 Å². The van der Waals surface area contributed by atoms with E-state index in [1.165, 1.54) is 0 Å². The molecule has 2 N–H and O–H groups in total. The topological polar surface area (TPSA) is 59.0 Å². The van der Waals surface area contributed by atoms with Crippen molar-refractivity contribution in [2.75, 3.05) is 10.6 Å². The van der Waals surface area contributed by atoms with Crippen LogP contribution >= 0.6 is 11.6 Å². The quantitative estimate of drug-likeness (QED) is 0.511. The van der Waals surface area contributed by atoms with Crippen LogP contribution < -0.4 is 10.6 Å². The van der Waals surface area contributed by atoms with Crippen molar-refractivity contribution in [1.29, 1.82) is 0 Å². The Morgan fingerprint density at radius 1 is 1.19 bits per heavy atom. The monoisotopic (exact) mass is 448 g/mol. The van der Waals surface area contributed by atoms with Gasteiger partial charge in [0.2, 0.25) is 0 Å². The Morgan fingerprint density at radius 2 is 1.90 bits per heavy atom. The zero-order chi connectivity index (χ0) is 22.3. The lowest BCUT2D eigenvalue weighted by atomic mass is 9.96. The van der Waals surface area contributed by atoms with Crippen LogP contribution in [0.1, 0.15) is 45.6 Å². The number of alkyl halides is 3. The number of hydrogen-bond acceptors (Lipinski definition) is 3.